The van der Waals surface area contributed by atoms with Crippen LogP contribution >= 0.6 is 0 Å². The standard InChI is InChI=1S/C20H23NO3/c1-14(15-7-4-3-5-8-15)21-20(22)19-12-18(19)16-9-6-10-17(11-16)24-13-23-2/h3-11,14,18-19H,12-13H2,1-2H3,(H,21,22)/t14-,18+,19-/m0/s1. The summed E-state index contributed by atoms with van der Waals surface area (Å²) in [5.74, 6) is 1.23. The summed E-state index contributed by atoms with van der Waals surface area (Å²) in [7, 11) is 1.60. The topological polar surface area (TPSA) is 47.6 Å². The van der Waals surface area contributed by atoms with Crippen LogP contribution in [-0.2, 0) is 9.53 Å². The molecule has 0 bridgehead atoms. The van der Waals surface area contributed by atoms with Crippen LogP contribution < -0.4 is 10.1 Å². The van der Waals surface area contributed by atoms with Crippen LogP contribution in [-0.4, -0.2) is 19.8 Å². The summed E-state index contributed by atoms with van der Waals surface area (Å²) in [6, 6.07) is 18.0. The second kappa shape index (κ2) is 7.49. The molecule has 1 amide bonds. The lowest BCUT2D eigenvalue weighted by molar-refractivity contribution is -0.123. The maximum Gasteiger partial charge on any atom is 0.224 e. The molecule has 126 valence electrons. The van der Waals surface area contributed by atoms with Crippen molar-refractivity contribution < 1.29 is 14.3 Å². The first-order chi connectivity index (χ1) is 11.7. The Labute approximate surface area is 142 Å². The fourth-order valence-electron chi connectivity index (χ4n) is 2.96. The molecule has 0 aliphatic heterocycles. The molecule has 0 heterocycles. The highest BCUT2D eigenvalue weighted by molar-refractivity contribution is 5.83. The number of nitrogens with one attached hydrogen (secondary N) is 1. The van der Waals surface area contributed by atoms with Crippen molar-refractivity contribution in [3.63, 3.8) is 0 Å². The van der Waals surface area contributed by atoms with Gasteiger partial charge in [-0.25, -0.2) is 0 Å². The Hall–Kier alpha value is -2.33. The third-order valence-electron chi connectivity index (χ3n) is 4.42. The minimum Gasteiger partial charge on any atom is -0.468 e. The molecule has 4 heteroatoms. The van der Waals surface area contributed by atoms with E-state index in [9.17, 15) is 4.79 Å². The van der Waals surface area contributed by atoms with Gasteiger partial charge in [0.2, 0.25) is 5.91 Å². The highest BCUT2D eigenvalue weighted by Crippen LogP contribution is 2.48. The van der Waals surface area contributed by atoms with Gasteiger partial charge in [-0.1, -0.05) is 42.5 Å². The van der Waals surface area contributed by atoms with E-state index < -0.39 is 0 Å². The first-order valence-corrected chi connectivity index (χ1v) is 8.26. The van der Waals surface area contributed by atoms with Gasteiger partial charge in [0.25, 0.3) is 0 Å². The number of methoxy groups -OCH3 is 1. The summed E-state index contributed by atoms with van der Waals surface area (Å²) >= 11 is 0. The van der Waals surface area contributed by atoms with Gasteiger partial charge in [0, 0.05) is 13.0 Å². The monoisotopic (exact) mass is 325 g/mol. The van der Waals surface area contributed by atoms with E-state index in [1.54, 1.807) is 7.11 Å². The van der Waals surface area contributed by atoms with E-state index in [1.165, 1.54) is 0 Å². The molecule has 0 saturated heterocycles. The quantitative estimate of drug-likeness (QED) is 0.791. The van der Waals surface area contributed by atoms with Gasteiger partial charge >= 0.3 is 0 Å². The molecule has 0 spiro atoms. The van der Waals surface area contributed by atoms with Crippen LogP contribution in [0.1, 0.15) is 36.4 Å². The second-order valence-corrected chi connectivity index (χ2v) is 6.21. The van der Waals surface area contributed by atoms with Gasteiger partial charge in [-0.15, -0.1) is 0 Å². The molecule has 1 saturated carbocycles. The van der Waals surface area contributed by atoms with E-state index in [-0.39, 0.29) is 30.6 Å². The van der Waals surface area contributed by atoms with E-state index in [2.05, 4.69) is 11.4 Å². The summed E-state index contributed by atoms with van der Waals surface area (Å²) in [4.78, 5) is 12.5. The van der Waals surface area contributed by atoms with Gasteiger partial charge in [-0.05, 0) is 42.5 Å². The number of benzene rings is 2. The molecule has 1 fully saturated rings. The number of hydrogen-bond donors (Lipinski definition) is 1. The number of carbonyl (C=O) groups excluding carboxylic acids is 1. The van der Waals surface area contributed by atoms with Crippen LogP contribution in [0.4, 0.5) is 0 Å². The zero-order chi connectivity index (χ0) is 16.9. The van der Waals surface area contributed by atoms with E-state index in [1.807, 2.05) is 55.5 Å². The average Bonchev–Trinajstić information content (AvgIpc) is 3.42. The molecular formula is C20H23NO3. The zero-order valence-electron chi connectivity index (χ0n) is 14.1. The minimum absolute atomic E-state index is 0.0244. The van der Waals surface area contributed by atoms with E-state index >= 15 is 0 Å². The molecule has 2 aromatic carbocycles. The predicted octanol–water partition coefficient (Wildman–Crippen LogP) is 3.65. The molecular weight excluding hydrogens is 302 g/mol. The molecule has 0 radical (unpaired) electrons. The van der Waals surface area contributed by atoms with E-state index in [0.29, 0.717) is 0 Å². The van der Waals surface area contributed by atoms with Gasteiger partial charge in [0.05, 0.1) is 6.04 Å². The summed E-state index contributed by atoms with van der Waals surface area (Å²) < 4.78 is 10.4. The average molecular weight is 325 g/mol. The molecule has 3 atom stereocenters. The number of ether oxygens (including phenoxy) is 2. The Morgan fingerprint density at radius 2 is 2.00 bits per heavy atom. The smallest absolute Gasteiger partial charge is 0.224 e. The highest BCUT2D eigenvalue weighted by Gasteiger charge is 2.44. The SMILES string of the molecule is COCOc1cccc([C@H]2C[C@@H]2C(=O)N[C@@H](C)c2ccccc2)c1. The molecule has 0 aromatic heterocycles. The lowest BCUT2D eigenvalue weighted by Crippen LogP contribution is -2.28. The van der Waals surface area contributed by atoms with E-state index in [4.69, 9.17) is 9.47 Å². The van der Waals surface area contributed by atoms with Crippen molar-refractivity contribution in [1.29, 1.82) is 0 Å². The Kier molecular flexibility index (Phi) is 5.16. The van der Waals surface area contributed by atoms with Crippen LogP contribution in [0.25, 0.3) is 0 Å². The number of carbonyl (C=O) groups is 1. The predicted molar refractivity (Wildman–Crippen MR) is 92.8 cm³/mol. The third kappa shape index (κ3) is 3.95. The first-order valence-electron chi connectivity index (χ1n) is 8.26. The van der Waals surface area contributed by atoms with Gasteiger partial charge < -0.3 is 14.8 Å². The Balaban J connectivity index is 1.57. The van der Waals surface area contributed by atoms with Crippen LogP contribution in [0.2, 0.25) is 0 Å². The van der Waals surface area contributed by atoms with Crippen LogP contribution in [0.15, 0.2) is 54.6 Å². The van der Waals surface area contributed by atoms with Gasteiger partial charge in [0.15, 0.2) is 6.79 Å². The van der Waals surface area contributed by atoms with Crippen molar-refractivity contribution in [3.8, 4) is 5.75 Å². The van der Waals surface area contributed by atoms with Gasteiger partial charge in [-0.2, -0.15) is 0 Å². The summed E-state index contributed by atoms with van der Waals surface area (Å²) in [6.07, 6.45) is 0.890. The number of amides is 1. The van der Waals surface area contributed by atoms with Crippen LogP contribution in [0.3, 0.4) is 0 Å². The summed E-state index contributed by atoms with van der Waals surface area (Å²) in [5.41, 5.74) is 2.27. The minimum atomic E-state index is 0.0244. The maximum atomic E-state index is 12.5. The van der Waals surface area contributed by atoms with Gasteiger partial charge in [-0.3, -0.25) is 4.79 Å². The molecule has 24 heavy (non-hydrogen) atoms. The highest BCUT2D eigenvalue weighted by atomic mass is 16.7. The van der Waals surface area contributed by atoms with Crippen molar-refractivity contribution in [3.05, 3.63) is 65.7 Å². The Morgan fingerprint density at radius 3 is 2.75 bits per heavy atom. The van der Waals surface area contributed by atoms with Crippen molar-refractivity contribution in [1.82, 2.24) is 5.32 Å². The van der Waals surface area contributed by atoms with E-state index in [0.717, 1.165) is 23.3 Å². The largest absolute Gasteiger partial charge is 0.468 e. The molecule has 0 unspecified atom stereocenters. The normalized spacial score (nSPS) is 20.2. The lowest BCUT2D eigenvalue weighted by Gasteiger charge is -2.14. The fraction of sp³-hybridized carbons (Fsp3) is 0.350. The fourth-order valence-corrected chi connectivity index (χ4v) is 2.96. The third-order valence-corrected chi connectivity index (χ3v) is 4.42. The second-order valence-electron chi connectivity index (χ2n) is 6.21. The van der Waals surface area contributed by atoms with Crippen LogP contribution in [0, 0.1) is 5.92 Å². The molecule has 1 aliphatic carbocycles. The maximum absolute atomic E-state index is 12.5. The van der Waals surface area contributed by atoms with Crippen molar-refractivity contribution in [2.24, 2.45) is 5.92 Å². The first kappa shape index (κ1) is 16.5. The summed E-state index contributed by atoms with van der Waals surface area (Å²) in [5, 5.41) is 3.12. The van der Waals surface area contributed by atoms with Crippen molar-refractivity contribution in [2.45, 2.75) is 25.3 Å². The van der Waals surface area contributed by atoms with Crippen LogP contribution in [0.5, 0.6) is 5.75 Å². The van der Waals surface area contributed by atoms with Crippen molar-refractivity contribution in [2.75, 3.05) is 13.9 Å². The lowest BCUT2D eigenvalue weighted by atomic mass is 10.1. The molecule has 3 rings (SSSR count). The number of rotatable bonds is 7. The summed E-state index contributed by atoms with van der Waals surface area (Å²) in [6.45, 7) is 2.25. The molecule has 1 aliphatic rings. The zero-order valence-corrected chi connectivity index (χ0v) is 14.1. The Morgan fingerprint density at radius 1 is 1.21 bits per heavy atom. The molecule has 4 nitrogen and oxygen atoms in total. The Bertz CT molecular complexity index is 686. The number of hydrogen-bond acceptors (Lipinski definition) is 3. The molecule has 2 aromatic rings. The van der Waals surface area contributed by atoms with Crippen molar-refractivity contribution >= 4 is 5.91 Å². The molecule has 1 N–H and O–H groups in total. The van der Waals surface area contributed by atoms with Gasteiger partial charge in [0.1, 0.15) is 5.75 Å².